The first-order chi connectivity index (χ1) is 17.5. The van der Waals surface area contributed by atoms with Crippen molar-refractivity contribution in [3.8, 4) is 0 Å². The summed E-state index contributed by atoms with van der Waals surface area (Å²) in [5, 5.41) is 7.71. The van der Waals surface area contributed by atoms with Crippen LogP contribution in [0.5, 0.6) is 0 Å². The molecular formula is C26H33N7O3. The van der Waals surface area contributed by atoms with Gasteiger partial charge in [0, 0.05) is 31.9 Å². The van der Waals surface area contributed by atoms with Crippen LogP contribution >= 0.6 is 0 Å². The molecule has 190 valence electrons. The third-order valence-electron chi connectivity index (χ3n) is 6.01. The maximum absolute atomic E-state index is 12.2. The summed E-state index contributed by atoms with van der Waals surface area (Å²) in [5.41, 5.74) is 3.30. The summed E-state index contributed by atoms with van der Waals surface area (Å²) in [7, 11) is 1.75. The number of benzene rings is 1. The highest BCUT2D eigenvalue weighted by Gasteiger charge is 2.28. The van der Waals surface area contributed by atoms with E-state index in [0.29, 0.717) is 37.8 Å². The molecule has 3 heterocycles. The summed E-state index contributed by atoms with van der Waals surface area (Å²) in [6.07, 6.45) is 8.25. The smallest absolute Gasteiger partial charge is 0.338 e. The van der Waals surface area contributed by atoms with Gasteiger partial charge in [0.25, 0.3) is 0 Å². The number of rotatable bonds is 11. The van der Waals surface area contributed by atoms with Crippen molar-refractivity contribution < 1.29 is 14.3 Å². The Kier molecular flexibility index (Phi) is 8.14. The second kappa shape index (κ2) is 11.7. The average Bonchev–Trinajstić information content (AvgIpc) is 3.33. The lowest BCUT2D eigenvalue weighted by Gasteiger charge is -2.34. The summed E-state index contributed by atoms with van der Waals surface area (Å²) in [6.45, 7) is 6.78. The summed E-state index contributed by atoms with van der Waals surface area (Å²) in [6, 6.07) is 7.41. The molecule has 1 aromatic carbocycles. The molecule has 0 unspecified atom stereocenters. The zero-order valence-corrected chi connectivity index (χ0v) is 21.1. The largest absolute Gasteiger partial charge is 0.462 e. The number of anilines is 3. The zero-order valence-electron chi connectivity index (χ0n) is 21.1. The fraction of sp³-hybridized carbons (Fsp3) is 0.423. The highest BCUT2D eigenvalue weighted by atomic mass is 16.5. The lowest BCUT2D eigenvalue weighted by molar-refractivity contribution is -0.117. The SMILES string of the molecule is CCCCOC(=O)c1ccc(Cn2cc(CNc3ncc4c(n3)N(CCC)CC(=O)N4C)cn2)cc1. The van der Waals surface area contributed by atoms with Gasteiger partial charge in [-0.25, -0.2) is 9.78 Å². The topological polar surface area (TPSA) is 105 Å². The zero-order chi connectivity index (χ0) is 25.5. The van der Waals surface area contributed by atoms with E-state index in [1.807, 2.05) is 27.9 Å². The second-order valence-electron chi connectivity index (χ2n) is 8.86. The number of aromatic nitrogens is 4. The number of amides is 1. The number of carbonyl (C=O) groups excluding carboxylic acids is 2. The molecule has 4 rings (SSSR count). The Labute approximate surface area is 211 Å². The molecule has 0 saturated heterocycles. The molecule has 1 aliphatic heterocycles. The molecule has 10 heteroatoms. The first-order valence-electron chi connectivity index (χ1n) is 12.4. The van der Waals surface area contributed by atoms with Gasteiger partial charge in [-0.3, -0.25) is 9.48 Å². The summed E-state index contributed by atoms with van der Waals surface area (Å²) < 4.78 is 7.11. The van der Waals surface area contributed by atoms with Crippen molar-refractivity contribution in [3.05, 3.63) is 59.5 Å². The summed E-state index contributed by atoms with van der Waals surface area (Å²) in [5.74, 6) is 1.02. The van der Waals surface area contributed by atoms with Crippen molar-refractivity contribution in [2.45, 2.75) is 46.2 Å². The molecule has 2 aromatic heterocycles. The molecule has 0 bridgehead atoms. The molecule has 1 amide bonds. The number of ether oxygens (including phenoxy) is 1. The first-order valence-corrected chi connectivity index (χ1v) is 12.4. The lowest BCUT2D eigenvalue weighted by atomic mass is 10.1. The third-order valence-corrected chi connectivity index (χ3v) is 6.01. The quantitative estimate of drug-likeness (QED) is 0.321. The fourth-order valence-electron chi connectivity index (χ4n) is 3.95. The van der Waals surface area contributed by atoms with Crippen LogP contribution in [-0.4, -0.2) is 58.4 Å². The Bertz CT molecular complexity index is 1190. The number of esters is 1. The fourth-order valence-corrected chi connectivity index (χ4v) is 3.95. The molecule has 0 aliphatic carbocycles. The Morgan fingerprint density at radius 1 is 1.11 bits per heavy atom. The van der Waals surface area contributed by atoms with Gasteiger partial charge in [-0.05, 0) is 30.5 Å². The van der Waals surface area contributed by atoms with E-state index in [0.717, 1.165) is 48.4 Å². The van der Waals surface area contributed by atoms with Gasteiger partial charge in [0.15, 0.2) is 5.82 Å². The van der Waals surface area contributed by atoms with E-state index in [1.54, 1.807) is 36.5 Å². The Balaban J connectivity index is 1.34. The minimum absolute atomic E-state index is 0.0363. The first kappa shape index (κ1) is 25.2. The van der Waals surface area contributed by atoms with Crippen LogP contribution in [0.3, 0.4) is 0 Å². The van der Waals surface area contributed by atoms with Crippen LogP contribution in [0.15, 0.2) is 42.9 Å². The number of hydrogen-bond acceptors (Lipinski definition) is 8. The van der Waals surface area contributed by atoms with Gasteiger partial charge < -0.3 is 19.9 Å². The number of unbranched alkanes of at least 4 members (excludes halogenated alkanes) is 1. The number of likely N-dealkylation sites (N-methyl/N-ethyl adjacent to an activating group) is 1. The van der Waals surface area contributed by atoms with E-state index in [1.165, 1.54) is 0 Å². The highest BCUT2D eigenvalue weighted by Crippen LogP contribution is 2.31. The van der Waals surface area contributed by atoms with Crippen LogP contribution in [0, 0.1) is 0 Å². The molecule has 0 atom stereocenters. The summed E-state index contributed by atoms with van der Waals surface area (Å²) in [4.78, 5) is 37.0. The third kappa shape index (κ3) is 5.99. The van der Waals surface area contributed by atoms with Gasteiger partial charge in [-0.1, -0.05) is 32.4 Å². The van der Waals surface area contributed by atoms with Gasteiger partial charge in [0.05, 0.1) is 37.7 Å². The molecule has 0 fully saturated rings. The molecule has 10 nitrogen and oxygen atoms in total. The van der Waals surface area contributed by atoms with E-state index in [-0.39, 0.29) is 11.9 Å². The minimum Gasteiger partial charge on any atom is -0.462 e. The average molecular weight is 492 g/mol. The highest BCUT2D eigenvalue weighted by molar-refractivity contribution is 6.01. The molecule has 1 aliphatic rings. The lowest BCUT2D eigenvalue weighted by Crippen LogP contribution is -2.44. The summed E-state index contributed by atoms with van der Waals surface area (Å²) >= 11 is 0. The maximum Gasteiger partial charge on any atom is 0.338 e. The van der Waals surface area contributed by atoms with E-state index < -0.39 is 0 Å². The molecule has 0 saturated carbocycles. The molecule has 3 aromatic rings. The van der Waals surface area contributed by atoms with E-state index in [2.05, 4.69) is 34.2 Å². The Hall–Kier alpha value is -3.95. The van der Waals surface area contributed by atoms with Crippen LogP contribution in [0.25, 0.3) is 0 Å². The van der Waals surface area contributed by atoms with Crippen molar-refractivity contribution in [1.82, 2.24) is 19.7 Å². The van der Waals surface area contributed by atoms with Crippen LogP contribution in [0.1, 0.15) is 54.6 Å². The van der Waals surface area contributed by atoms with Crippen LogP contribution in [-0.2, 0) is 22.6 Å². The van der Waals surface area contributed by atoms with Crippen LogP contribution in [0.4, 0.5) is 17.5 Å². The van der Waals surface area contributed by atoms with Crippen molar-refractivity contribution in [1.29, 1.82) is 0 Å². The van der Waals surface area contributed by atoms with Crippen molar-refractivity contribution in [3.63, 3.8) is 0 Å². The number of fused-ring (bicyclic) bond motifs is 1. The predicted molar refractivity (Wildman–Crippen MR) is 138 cm³/mol. The second-order valence-corrected chi connectivity index (χ2v) is 8.86. The van der Waals surface area contributed by atoms with E-state index in [4.69, 9.17) is 4.74 Å². The van der Waals surface area contributed by atoms with Crippen molar-refractivity contribution in [2.24, 2.45) is 0 Å². The van der Waals surface area contributed by atoms with Gasteiger partial charge >= 0.3 is 5.97 Å². The molecule has 1 N–H and O–H groups in total. The standard InChI is InChI=1S/C26H33N7O3/c1-4-6-12-36-25(35)21-9-7-19(8-10-21)16-33-17-20(14-29-33)13-27-26-28-15-22-24(30-26)32(11-5-2)18-23(34)31(22)3/h7-10,14-15,17H,4-6,11-13,16,18H2,1-3H3,(H,27,28,30). The van der Waals surface area contributed by atoms with Gasteiger partial charge in [-0.15, -0.1) is 0 Å². The Morgan fingerprint density at radius 3 is 2.67 bits per heavy atom. The van der Waals surface area contributed by atoms with E-state index >= 15 is 0 Å². The van der Waals surface area contributed by atoms with Crippen LogP contribution < -0.4 is 15.1 Å². The van der Waals surface area contributed by atoms with Crippen molar-refractivity contribution >= 4 is 29.3 Å². The number of carbonyl (C=O) groups is 2. The normalized spacial score (nSPS) is 13.0. The predicted octanol–water partition coefficient (Wildman–Crippen LogP) is 3.48. The molecule has 36 heavy (non-hydrogen) atoms. The maximum atomic E-state index is 12.2. The van der Waals surface area contributed by atoms with E-state index in [9.17, 15) is 9.59 Å². The van der Waals surface area contributed by atoms with Gasteiger partial charge in [-0.2, -0.15) is 10.1 Å². The number of nitrogens with one attached hydrogen (secondary N) is 1. The molecular weight excluding hydrogens is 458 g/mol. The minimum atomic E-state index is -0.289. The Morgan fingerprint density at radius 2 is 1.92 bits per heavy atom. The number of hydrogen-bond donors (Lipinski definition) is 1. The van der Waals surface area contributed by atoms with Crippen molar-refractivity contribution in [2.75, 3.05) is 41.9 Å². The van der Waals surface area contributed by atoms with Crippen LogP contribution in [0.2, 0.25) is 0 Å². The number of nitrogens with zero attached hydrogens (tertiary/aromatic N) is 6. The monoisotopic (exact) mass is 491 g/mol. The molecule has 0 spiro atoms. The van der Waals surface area contributed by atoms with Gasteiger partial charge in [0.1, 0.15) is 5.69 Å². The van der Waals surface area contributed by atoms with Gasteiger partial charge in [0.2, 0.25) is 11.9 Å². The molecule has 0 radical (unpaired) electrons.